The molecule has 3 heterocycles. The first-order valence-corrected chi connectivity index (χ1v) is 9.85. The van der Waals surface area contributed by atoms with Crippen molar-refractivity contribution in [2.24, 2.45) is 7.05 Å². The van der Waals surface area contributed by atoms with Gasteiger partial charge >= 0.3 is 5.57 Å². The Morgan fingerprint density at radius 3 is 2.45 bits per heavy atom. The summed E-state index contributed by atoms with van der Waals surface area (Å²) in [5, 5.41) is 6.79. The predicted octanol–water partition coefficient (Wildman–Crippen LogP) is 5.10. The highest BCUT2D eigenvalue weighted by molar-refractivity contribution is 6.20. The van der Waals surface area contributed by atoms with E-state index in [1.165, 1.54) is 48.8 Å². The molecule has 0 saturated carbocycles. The number of aryl methyl sites for hydroxylation is 1. The van der Waals surface area contributed by atoms with Gasteiger partial charge in [-0.1, -0.05) is 0 Å². The van der Waals surface area contributed by atoms with E-state index >= 15 is 0 Å². The molecule has 4 rings (SSSR count). The molecule has 0 aliphatic heterocycles. The number of amides is 1. The highest BCUT2D eigenvalue weighted by Crippen LogP contribution is 2.31. The van der Waals surface area contributed by atoms with Crippen molar-refractivity contribution in [3.8, 4) is 28.3 Å². The van der Waals surface area contributed by atoms with E-state index in [0.717, 1.165) is 0 Å². The van der Waals surface area contributed by atoms with Gasteiger partial charge in [0.05, 0.1) is 17.0 Å². The molecule has 1 aromatic carbocycles. The van der Waals surface area contributed by atoms with E-state index in [2.05, 4.69) is 25.1 Å². The number of ether oxygens (including phenoxy) is 1. The van der Waals surface area contributed by atoms with Crippen LogP contribution in [0.25, 0.3) is 22.5 Å². The van der Waals surface area contributed by atoms with E-state index in [1.807, 2.05) is 0 Å². The molecule has 11 heteroatoms. The highest BCUT2D eigenvalue weighted by atomic mass is 35.5. The number of halogens is 4. The van der Waals surface area contributed by atoms with E-state index in [9.17, 15) is 18.0 Å². The van der Waals surface area contributed by atoms with Crippen molar-refractivity contribution in [2.75, 3.05) is 5.32 Å². The van der Waals surface area contributed by atoms with Crippen LogP contribution in [0.3, 0.4) is 0 Å². The fourth-order valence-electron chi connectivity index (χ4n) is 3.10. The third-order valence-corrected chi connectivity index (χ3v) is 4.67. The number of aromatic nitrogens is 4. The number of alkyl halides is 3. The van der Waals surface area contributed by atoms with Gasteiger partial charge in [-0.25, -0.2) is 4.98 Å². The molecule has 0 fully saturated rings. The summed E-state index contributed by atoms with van der Waals surface area (Å²) in [6.07, 6.45) is 4.35. The molecule has 0 saturated heterocycles. The van der Waals surface area contributed by atoms with Gasteiger partial charge in [0.15, 0.2) is 0 Å². The molecule has 0 aliphatic rings. The lowest BCUT2D eigenvalue weighted by Crippen LogP contribution is -2.16. The molecule has 0 bridgehead atoms. The Hall–Kier alpha value is -3.92. The van der Waals surface area contributed by atoms with Crippen molar-refractivity contribution >= 4 is 23.2 Å². The Balaban J connectivity index is 1.64. The lowest BCUT2D eigenvalue weighted by Gasteiger charge is -2.13. The Morgan fingerprint density at radius 1 is 1.09 bits per heavy atom. The zero-order valence-electron chi connectivity index (χ0n) is 17.0. The van der Waals surface area contributed by atoms with Crippen molar-refractivity contribution in [1.82, 2.24) is 19.7 Å². The predicted molar refractivity (Wildman–Crippen MR) is 115 cm³/mol. The molecule has 1 N–H and O–H groups in total. The van der Waals surface area contributed by atoms with Gasteiger partial charge in [0.1, 0.15) is 5.75 Å². The van der Waals surface area contributed by atoms with Crippen LogP contribution in [0, 0.1) is 5.95 Å². The van der Waals surface area contributed by atoms with Crippen LogP contribution in [0.1, 0.15) is 10.4 Å². The number of hydrogen-bond acceptors (Lipinski definition) is 5. The van der Waals surface area contributed by atoms with Crippen molar-refractivity contribution in [3.63, 3.8) is 0 Å². The lowest BCUT2D eigenvalue weighted by molar-refractivity contribution is -0.0964. The number of carbonyl (C=O) groups is 1. The summed E-state index contributed by atoms with van der Waals surface area (Å²) >= 11 is 4.74. The molecule has 33 heavy (non-hydrogen) atoms. The lowest BCUT2D eigenvalue weighted by atomic mass is 10.0. The van der Waals surface area contributed by atoms with Crippen molar-refractivity contribution in [2.45, 2.75) is 5.57 Å². The normalized spacial score (nSPS) is 11.3. The van der Waals surface area contributed by atoms with Gasteiger partial charge in [-0.3, -0.25) is 14.5 Å². The van der Waals surface area contributed by atoms with Crippen molar-refractivity contribution in [1.29, 1.82) is 0 Å². The van der Waals surface area contributed by atoms with Gasteiger partial charge in [0.25, 0.3) is 5.91 Å². The molecule has 0 atom stereocenters. The van der Waals surface area contributed by atoms with E-state index in [-0.39, 0.29) is 11.3 Å². The quantitative estimate of drug-likeness (QED) is 0.311. The van der Waals surface area contributed by atoms with Crippen molar-refractivity contribution in [3.05, 3.63) is 78.6 Å². The first kappa shape index (κ1) is 22.3. The Morgan fingerprint density at radius 2 is 1.85 bits per heavy atom. The maximum Gasteiger partial charge on any atom is 0.487 e. The first-order valence-electron chi connectivity index (χ1n) is 9.47. The molecular weight excluding hydrogens is 459 g/mol. The van der Waals surface area contributed by atoms with Gasteiger partial charge in [0.2, 0.25) is 5.95 Å². The molecular formula is C22H15ClF3N5O2. The smallest absolute Gasteiger partial charge is 0.420 e. The standard InChI is InChI=1S/C22H15ClF3N5O2/c1-31-18(8-9-29-31)20-17(13-2-7-19(24)27-11-13)10-14(12-28-20)21(32)30-15-3-5-16(6-4-15)33-22(23,25)26/h2-12H,1H3,(H,30,32). The van der Waals surface area contributed by atoms with E-state index < -0.39 is 17.4 Å². The minimum atomic E-state index is -3.84. The summed E-state index contributed by atoms with van der Waals surface area (Å²) < 4.78 is 44.7. The summed E-state index contributed by atoms with van der Waals surface area (Å²) in [6.45, 7) is 0. The number of carbonyl (C=O) groups excluding carboxylic acids is 1. The molecule has 3 aromatic heterocycles. The fourth-order valence-corrected chi connectivity index (χ4v) is 3.19. The zero-order chi connectivity index (χ0) is 23.6. The topological polar surface area (TPSA) is 81.9 Å². The number of nitrogens with zero attached hydrogens (tertiary/aromatic N) is 4. The number of nitrogens with one attached hydrogen (secondary N) is 1. The van der Waals surface area contributed by atoms with E-state index in [4.69, 9.17) is 11.6 Å². The molecule has 7 nitrogen and oxygen atoms in total. The van der Waals surface area contributed by atoms with Crippen LogP contribution >= 0.6 is 11.6 Å². The number of benzene rings is 1. The molecule has 1 amide bonds. The number of hydrogen-bond donors (Lipinski definition) is 1. The second-order valence-corrected chi connectivity index (χ2v) is 7.30. The van der Waals surface area contributed by atoms with Crippen LogP contribution in [0.4, 0.5) is 18.9 Å². The Labute approximate surface area is 190 Å². The minimum absolute atomic E-state index is 0.165. The Bertz CT molecular complexity index is 1290. The molecule has 168 valence electrons. The van der Waals surface area contributed by atoms with Gasteiger partial charge in [0, 0.05) is 54.1 Å². The largest absolute Gasteiger partial charge is 0.487 e. The van der Waals surface area contributed by atoms with E-state index in [0.29, 0.717) is 28.2 Å². The molecule has 0 radical (unpaired) electrons. The van der Waals surface area contributed by atoms with Gasteiger partial charge < -0.3 is 10.1 Å². The van der Waals surface area contributed by atoms with Gasteiger partial charge in [-0.05, 0) is 48.5 Å². The summed E-state index contributed by atoms with van der Waals surface area (Å²) in [5.41, 5.74) is -0.960. The SMILES string of the molecule is Cn1nccc1-c1ncc(C(=O)Nc2ccc(OC(F)(F)Cl)cc2)cc1-c1ccc(F)nc1. The second-order valence-electron chi connectivity index (χ2n) is 6.86. The summed E-state index contributed by atoms with van der Waals surface area (Å²) in [7, 11) is 1.75. The van der Waals surface area contributed by atoms with E-state index in [1.54, 1.807) is 30.1 Å². The molecule has 0 unspecified atom stereocenters. The van der Waals surface area contributed by atoms with Crippen LogP contribution in [-0.2, 0) is 7.05 Å². The average molecular weight is 474 g/mol. The van der Waals surface area contributed by atoms with Crippen LogP contribution < -0.4 is 10.1 Å². The highest BCUT2D eigenvalue weighted by Gasteiger charge is 2.27. The third-order valence-electron chi connectivity index (χ3n) is 4.60. The molecule has 0 spiro atoms. The Kier molecular flexibility index (Phi) is 6.01. The molecule has 0 aliphatic carbocycles. The monoisotopic (exact) mass is 473 g/mol. The second kappa shape index (κ2) is 8.91. The maximum absolute atomic E-state index is 13.3. The number of rotatable bonds is 6. The summed E-state index contributed by atoms with van der Waals surface area (Å²) in [5.74, 6) is -1.30. The summed E-state index contributed by atoms with van der Waals surface area (Å²) in [4.78, 5) is 20.9. The molecule has 4 aromatic rings. The average Bonchev–Trinajstić information content (AvgIpc) is 3.20. The van der Waals surface area contributed by atoms with Gasteiger partial charge in [-0.15, -0.1) is 8.78 Å². The van der Waals surface area contributed by atoms with Crippen LogP contribution in [0.15, 0.2) is 67.1 Å². The number of anilines is 1. The van der Waals surface area contributed by atoms with Crippen LogP contribution in [-0.4, -0.2) is 31.2 Å². The van der Waals surface area contributed by atoms with Crippen LogP contribution in [0.2, 0.25) is 0 Å². The zero-order valence-corrected chi connectivity index (χ0v) is 17.7. The van der Waals surface area contributed by atoms with Crippen LogP contribution in [0.5, 0.6) is 5.75 Å². The third kappa shape index (κ3) is 5.29. The minimum Gasteiger partial charge on any atom is -0.420 e. The maximum atomic E-state index is 13.3. The first-order chi connectivity index (χ1) is 15.7. The van der Waals surface area contributed by atoms with Crippen molar-refractivity contribution < 1.29 is 22.7 Å². The fraction of sp³-hybridized carbons (Fsp3) is 0.0909. The summed E-state index contributed by atoms with van der Waals surface area (Å²) in [6, 6.07) is 11.4. The van der Waals surface area contributed by atoms with Gasteiger partial charge in [-0.2, -0.15) is 9.49 Å². The number of pyridine rings is 2.